The Morgan fingerprint density at radius 1 is 1.03 bits per heavy atom. The molecule has 0 saturated carbocycles. The molecule has 0 aliphatic carbocycles. The number of carbonyl (C=O) groups excluding carboxylic acids is 1. The van der Waals surface area contributed by atoms with Crippen molar-refractivity contribution in [2.75, 3.05) is 11.0 Å². The molecule has 0 saturated heterocycles. The third-order valence-corrected chi connectivity index (χ3v) is 5.33. The maximum atomic E-state index is 13.0. The highest BCUT2D eigenvalue weighted by molar-refractivity contribution is 7.92. The molecule has 10 heteroatoms. The van der Waals surface area contributed by atoms with Crippen LogP contribution in [0.25, 0.3) is 22.2 Å². The molecule has 0 spiro atoms. The quantitative estimate of drug-likeness (QED) is 0.418. The summed E-state index contributed by atoms with van der Waals surface area (Å²) in [5.41, 5.74) is 1.19. The smallest absolute Gasteiger partial charge is 0.345 e. The van der Waals surface area contributed by atoms with E-state index in [0.717, 1.165) is 18.4 Å². The molecule has 2 aromatic heterocycles. The van der Waals surface area contributed by atoms with Crippen molar-refractivity contribution in [3.63, 3.8) is 0 Å². The van der Waals surface area contributed by atoms with Gasteiger partial charge in [-0.3, -0.25) is 9.52 Å². The second kappa shape index (κ2) is 7.79. The molecule has 4 rings (SSSR count). The monoisotopic (exact) mass is 459 g/mol. The second-order valence-corrected chi connectivity index (χ2v) is 8.93. The van der Waals surface area contributed by atoms with Gasteiger partial charge in [-0.05, 0) is 35.9 Å². The first-order valence-electron chi connectivity index (χ1n) is 9.28. The Kier molecular flexibility index (Phi) is 5.25. The average Bonchev–Trinajstić information content (AvgIpc) is 3.15. The predicted octanol–water partition coefficient (Wildman–Crippen LogP) is 4.85. The Labute approximate surface area is 181 Å². The molecular weight excluding hydrogens is 443 g/mol. The van der Waals surface area contributed by atoms with Gasteiger partial charge in [0.15, 0.2) is 5.78 Å². The minimum atomic E-state index is -4.56. The highest BCUT2D eigenvalue weighted by Crippen LogP contribution is 2.31. The largest absolute Gasteiger partial charge is 0.416 e. The van der Waals surface area contributed by atoms with Crippen LogP contribution in [0.4, 0.5) is 18.9 Å². The molecule has 0 atom stereocenters. The number of hydrogen-bond donors (Lipinski definition) is 2. The molecular formula is C22H16F3N3O3S. The predicted molar refractivity (Wildman–Crippen MR) is 115 cm³/mol. The van der Waals surface area contributed by atoms with E-state index in [1.807, 2.05) is 0 Å². The standard InChI is InChI=1S/C22H16F3N3O3S/c1-32(30,31)28-17-7-3-4-13(9-17)15-10-18-19(12-27-21(18)26-11-15)20(29)14-5-2-6-16(8-14)22(23,24)25/h2-12,28H,1H3,(H,26,27). The van der Waals surface area contributed by atoms with Crippen molar-refractivity contribution in [1.82, 2.24) is 9.97 Å². The zero-order valence-corrected chi connectivity index (χ0v) is 17.4. The molecule has 0 aliphatic rings. The van der Waals surface area contributed by atoms with Crippen molar-refractivity contribution < 1.29 is 26.4 Å². The van der Waals surface area contributed by atoms with Crippen LogP contribution in [0.2, 0.25) is 0 Å². The van der Waals surface area contributed by atoms with Crippen molar-refractivity contribution >= 4 is 32.5 Å². The summed E-state index contributed by atoms with van der Waals surface area (Å²) in [6, 6.07) is 12.5. The first-order valence-corrected chi connectivity index (χ1v) is 11.2. The molecule has 0 aliphatic heterocycles. The number of nitrogens with zero attached hydrogens (tertiary/aromatic N) is 1. The first kappa shape index (κ1) is 21.6. The van der Waals surface area contributed by atoms with Crippen LogP contribution in [0.3, 0.4) is 0 Å². The fraction of sp³-hybridized carbons (Fsp3) is 0.0909. The summed E-state index contributed by atoms with van der Waals surface area (Å²) in [6.45, 7) is 0. The van der Waals surface area contributed by atoms with Gasteiger partial charge in [0, 0.05) is 40.2 Å². The molecule has 2 N–H and O–H groups in total. The van der Waals surface area contributed by atoms with Crippen molar-refractivity contribution in [2.45, 2.75) is 6.18 Å². The summed E-state index contributed by atoms with van der Waals surface area (Å²) in [5, 5.41) is 0.436. The summed E-state index contributed by atoms with van der Waals surface area (Å²) in [5.74, 6) is -0.575. The lowest BCUT2D eigenvalue weighted by atomic mass is 9.99. The number of H-pyrrole nitrogens is 1. The summed E-state index contributed by atoms with van der Waals surface area (Å²) in [7, 11) is -3.46. The highest BCUT2D eigenvalue weighted by Gasteiger charge is 2.31. The second-order valence-electron chi connectivity index (χ2n) is 7.19. The molecule has 164 valence electrons. The molecule has 0 bridgehead atoms. The van der Waals surface area contributed by atoms with Crippen LogP contribution in [-0.4, -0.2) is 30.4 Å². The van der Waals surface area contributed by atoms with Crippen LogP contribution < -0.4 is 4.72 Å². The number of ketones is 1. The number of anilines is 1. The van der Waals surface area contributed by atoms with E-state index < -0.39 is 27.5 Å². The first-order chi connectivity index (χ1) is 15.0. The average molecular weight is 459 g/mol. The maximum Gasteiger partial charge on any atom is 0.416 e. The van der Waals surface area contributed by atoms with Gasteiger partial charge in [-0.15, -0.1) is 0 Å². The van der Waals surface area contributed by atoms with Crippen molar-refractivity contribution in [3.05, 3.63) is 83.7 Å². The van der Waals surface area contributed by atoms with Crippen LogP contribution >= 0.6 is 0 Å². The Morgan fingerprint density at radius 3 is 2.50 bits per heavy atom. The van der Waals surface area contributed by atoms with Crippen molar-refractivity contribution in [1.29, 1.82) is 0 Å². The van der Waals surface area contributed by atoms with Crippen LogP contribution in [0.5, 0.6) is 0 Å². The van der Waals surface area contributed by atoms with Gasteiger partial charge in [0.2, 0.25) is 10.0 Å². The van der Waals surface area contributed by atoms with E-state index in [9.17, 15) is 26.4 Å². The third-order valence-electron chi connectivity index (χ3n) is 4.73. The number of pyridine rings is 1. The molecule has 0 amide bonds. The van der Waals surface area contributed by atoms with E-state index in [1.165, 1.54) is 18.3 Å². The maximum absolute atomic E-state index is 13.0. The lowest BCUT2D eigenvalue weighted by molar-refractivity contribution is -0.137. The lowest BCUT2D eigenvalue weighted by Gasteiger charge is -2.08. The summed E-state index contributed by atoms with van der Waals surface area (Å²) in [6.07, 6.45) is -0.558. The lowest BCUT2D eigenvalue weighted by Crippen LogP contribution is -2.09. The minimum absolute atomic E-state index is 0.0922. The van der Waals surface area contributed by atoms with E-state index in [4.69, 9.17) is 0 Å². The van der Waals surface area contributed by atoms with Crippen LogP contribution in [0, 0.1) is 0 Å². The van der Waals surface area contributed by atoms with Crippen LogP contribution in [0.1, 0.15) is 21.5 Å². The van der Waals surface area contributed by atoms with E-state index in [-0.39, 0.29) is 11.1 Å². The van der Waals surface area contributed by atoms with Crippen LogP contribution in [-0.2, 0) is 16.2 Å². The number of sulfonamides is 1. The van der Waals surface area contributed by atoms with Crippen LogP contribution in [0.15, 0.2) is 67.0 Å². The van der Waals surface area contributed by atoms with E-state index in [0.29, 0.717) is 27.8 Å². The molecule has 32 heavy (non-hydrogen) atoms. The van der Waals surface area contributed by atoms with Crippen molar-refractivity contribution in [3.8, 4) is 11.1 Å². The van der Waals surface area contributed by atoms with Gasteiger partial charge in [0.05, 0.1) is 11.8 Å². The number of rotatable bonds is 5. The zero-order valence-electron chi connectivity index (χ0n) is 16.6. The Bertz CT molecular complexity index is 1440. The molecule has 6 nitrogen and oxygen atoms in total. The number of benzene rings is 2. The third kappa shape index (κ3) is 4.50. The van der Waals surface area contributed by atoms with Crippen molar-refractivity contribution in [2.24, 2.45) is 0 Å². The molecule has 4 aromatic rings. The topological polar surface area (TPSA) is 91.9 Å². The SMILES string of the molecule is CS(=O)(=O)Nc1cccc(-c2cnc3[nH]cc(C(=O)c4cccc(C(F)(F)F)c4)c3c2)c1. The Balaban J connectivity index is 1.75. The Hall–Kier alpha value is -3.66. The number of fused-ring (bicyclic) bond motifs is 1. The number of aromatic nitrogens is 2. The van der Waals surface area contributed by atoms with Gasteiger partial charge in [0.25, 0.3) is 0 Å². The van der Waals surface area contributed by atoms with E-state index >= 15 is 0 Å². The Morgan fingerprint density at radius 2 is 1.78 bits per heavy atom. The number of hydrogen-bond acceptors (Lipinski definition) is 4. The summed E-state index contributed by atoms with van der Waals surface area (Å²) in [4.78, 5) is 20.1. The van der Waals surface area contributed by atoms with Gasteiger partial charge in [0.1, 0.15) is 5.65 Å². The molecule has 0 radical (unpaired) electrons. The fourth-order valence-corrected chi connectivity index (χ4v) is 3.87. The number of alkyl halides is 3. The normalized spacial score (nSPS) is 12.1. The summed E-state index contributed by atoms with van der Waals surface area (Å²) < 4.78 is 64.5. The summed E-state index contributed by atoms with van der Waals surface area (Å²) >= 11 is 0. The van der Waals surface area contributed by atoms with Gasteiger partial charge >= 0.3 is 6.18 Å². The van der Waals surface area contributed by atoms with Gasteiger partial charge in [-0.1, -0.05) is 24.3 Å². The van der Waals surface area contributed by atoms with Gasteiger partial charge in [-0.25, -0.2) is 13.4 Å². The fourth-order valence-electron chi connectivity index (χ4n) is 3.32. The minimum Gasteiger partial charge on any atom is -0.345 e. The van der Waals surface area contributed by atoms with Gasteiger partial charge in [-0.2, -0.15) is 13.2 Å². The zero-order chi connectivity index (χ0) is 23.1. The van der Waals surface area contributed by atoms with E-state index in [2.05, 4.69) is 14.7 Å². The molecule has 0 fully saturated rings. The molecule has 0 unspecified atom stereocenters. The highest BCUT2D eigenvalue weighted by atomic mass is 32.2. The van der Waals surface area contributed by atoms with Gasteiger partial charge < -0.3 is 4.98 Å². The molecule has 2 aromatic carbocycles. The molecule has 2 heterocycles. The number of nitrogens with one attached hydrogen (secondary N) is 2. The van der Waals surface area contributed by atoms with E-state index in [1.54, 1.807) is 36.5 Å². The number of aromatic amines is 1. The number of halogens is 3. The number of carbonyl (C=O) groups is 1.